The van der Waals surface area contributed by atoms with Gasteiger partial charge in [0.1, 0.15) is 6.04 Å². The third-order valence-corrected chi connectivity index (χ3v) is 3.25. The molecule has 1 aromatic rings. The Bertz CT molecular complexity index is 450. The van der Waals surface area contributed by atoms with Gasteiger partial charge in [0.05, 0.1) is 28.5 Å². The van der Waals surface area contributed by atoms with Crippen molar-refractivity contribution in [2.75, 3.05) is 18.2 Å². The standard InChI is InChI=1S/C12H16Cl2N2O2/c1-6(2)11(12(17)18-3)16-10-5-8(14)7(13)4-9(10)15/h4-6,11,16H,15H2,1-3H3. The molecule has 100 valence electrons. The Morgan fingerprint density at radius 2 is 1.89 bits per heavy atom. The molecule has 6 heteroatoms. The van der Waals surface area contributed by atoms with Gasteiger partial charge in [-0.3, -0.25) is 0 Å². The van der Waals surface area contributed by atoms with Crippen LogP contribution in [0.2, 0.25) is 10.0 Å². The van der Waals surface area contributed by atoms with Gasteiger partial charge in [-0.25, -0.2) is 4.79 Å². The fraction of sp³-hybridized carbons (Fsp3) is 0.417. The summed E-state index contributed by atoms with van der Waals surface area (Å²) in [6.45, 7) is 3.81. The first-order valence-corrected chi connectivity index (χ1v) is 6.21. The largest absolute Gasteiger partial charge is 0.467 e. The number of nitrogens with one attached hydrogen (secondary N) is 1. The molecule has 0 saturated heterocycles. The molecular formula is C12H16Cl2N2O2. The van der Waals surface area contributed by atoms with E-state index in [-0.39, 0.29) is 11.9 Å². The molecule has 1 atom stereocenters. The van der Waals surface area contributed by atoms with Gasteiger partial charge in [0, 0.05) is 0 Å². The van der Waals surface area contributed by atoms with Crippen LogP contribution in [0.3, 0.4) is 0 Å². The van der Waals surface area contributed by atoms with E-state index in [2.05, 4.69) is 5.32 Å². The molecule has 0 aromatic heterocycles. The molecule has 0 aliphatic heterocycles. The highest BCUT2D eigenvalue weighted by molar-refractivity contribution is 6.42. The summed E-state index contributed by atoms with van der Waals surface area (Å²) in [5, 5.41) is 3.77. The second-order valence-corrected chi connectivity index (χ2v) is 5.06. The first kappa shape index (κ1) is 14.9. The predicted molar refractivity (Wildman–Crippen MR) is 75.1 cm³/mol. The third-order valence-electron chi connectivity index (χ3n) is 2.53. The number of carbonyl (C=O) groups is 1. The Morgan fingerprint density at radius 1 is 1.33 bits per heavy atom. The van der Waals surface area contributed by atoms with Crippen LogP contribution in [0.15, 0.2) is 12.1 Å². The van der Waals surface area contributed by atoms with Crippen LogP contribution in [0, 0.1) is 5.92 Å². The SMILES string of the molecule is COC(=O)C(Nc1cc(Cl)c(Cl)cc1N)C(C)C. The zero-order valence-corrected chi connectivity index (χ0v) is 12.0. The molecule has 3 N–H and O–H groups in total. The van der Waals surface area contributed by atoms with Gasteiger partial charge >= 0.3 is 5.97 Å². The lowest BCUT2D eigenvalue weighted by molar-refractivity contribution is -0.142. The van der Waals surface area contributed by atoms with E-state index in [9.17, 15) is 4.79 Å². The second kappa shape index (κ2) is 6.16. The van der Waals surface area contributed by atoms with Crippen molar-refractivity contribution in [2.24, 2.45) is 5.92 Å². The molecule has 18 heavy (non-hydrogen) atoms. The highest BCUT2D eigenvalue weighted by Gasteiger charge is 2.23. The second-order valence-electron chi connectivity index (χ2n) is 4.24. The van der Waals surface area contributed by atoms with Crippen molar-refractivity contribution in [3.63, 3.8) is 0 Å². The Balaban J connectivity index is 3.01. The number of anilines is 2. The van der Waals surface area contributed by atoms with E-state index < -0.39 is 6.04 Å². The van der Waals surface area contributed by atoms with Gasteiger partial charge in [0.2, 0.25) is 0 Å². The van der Waals surface area contributed by atoms with Crippen molar-refractivity contribution >= 4 is 40.5 Å². The van der Waals surface area contributed by atoms with Gasteiger partial charge in [-0.15, -0.1) is 0 Å². The van der Waals surface area contributed by atoms with Gasteiger partial charge in [-0.05, 0) is 18.1 Å². The van der Waals surface area contributed by atoms with Gasteiger partial charge in [-0.1, -0.05) is 37.0 Å². The summed E-state index contributed by atoms with van der Waals surface area (Å²) in [4.78, 5) is 11.6. The average Bonchev–Trinajstić information content (AvgIpc) is 2.30. The quantitative estimate of drug-likeness (QED) is 0.660. The van der Waals surface area contributed by atoms with Crippen molar-refractivity contribution in [2.45, 2.75) is 19.9 Å². The third kappa shape index (κ3) is 3.43. The van der Waals surface area contributed by atoms with Crippen molar-refractivity contribution in [1.29, 1.82) is 0 Å². The van der Waals surface area contributed by atoms with Crippen LogP contribution < -0.4 is 11.1 Å². The summed E-state index contributed by atoms with van der Waals surface area (Å²) in [5.74, 6) is -0.304. The zero-order chi connectivity index (χ0) is 13.9. The van der Waals surface area contributed by atoms with Crippen molar-refractivity contribution in [1.82, 2.24) is 0 Å². The number of nitrogens with two attached hydrogens (primary N) is 1. The Morgan fingerprint density at radius 3 is 2.39 bits per heavy atom. The molecule has 1 rings (SSSR count). The van der Waals surface area contributed by atoms with Gasteiger partial charge in [-0.2, -0.15) is 0 Å². The summed E-state index contributed by atoms with van der Waals surface area (Å²) >= 11 is 11.8. The molecule has 4 nitrogen and oxygen atoms in total. The maximum atomic E-state index is 11.6. The maximum Gasteiger partial charge on any atom is 0.328 e. The summed E-state index contributed by atoms with van der Waals surface area (Å²) < 4.78 is 4.74. The van der Waals surface area contributed by atoms with Crippen molar-refractivity contribution < 1.29 is 9.53 Å². The van der Waals surface area contributed by atoms with E-state index in [0.29, 0.717) is 21.4 Å². The number of ether oxygens (including phenoxy) is 1. The first-order valence-electron chi connectivity index (χ1n) is 5.45. The Labute approximate surface area is 116 Å². The highest BCUT2D eigenvalue weighted by atomic mass is 35.5. The van der Waals surface area contributed by atoms with Crippen LogP contribution in [0.5, 0.6) is 0 Å². The van der Waals surface area contributed by atoms with E-state index in [1.807, 2.05) is 13.8 Å². The summed E-state index contributed by atoms with van der Waals surface area (Å²) in [6.07, 6.45) is 0. The minimum Gasteiger partial charge on any atom is -0.467 e. The van der Waals surface area contributed by atoms with Crippen LogP contribution in [0.25, 0.3) is 0 Å². The minimum absolute atomic E-state index is 0.0475. The van der Waals surface area contributed by atoms with E-state index in [0.717, 1.165) is 0 Å². The van der Waals surface area contributed by atoms with Crippen LogP contribution in [-0.4, -0.2) is 19.1 Å². The van der Waals surface area contributed by atoms with Crippen molar-refractivity contribution in [3.8, 4) is 0 Å². The number of benzene rings is 1. The monoisotopic (exact) mass is 290 g/mol. The normalized spacial score (nSPS) is 12.3. The van der Waals surface area contributed by atoms with Crippen LogP contribution in [0.1, 0.15) is 13.8 Å². The van der Waals surface area contributed by atoms with Crippen LogP contribution in [-0.2, 0) is 9.53 Å². The van der Waals surface area contributed by atoms with Crippen LogP contribution in [0.4, 0.5) is 11.4 Å². The van der Waals surface area contributed by atoms with Crippen LogP contribution >= 0.6 is 23.2 Å². The number of nitrogen functional groups attached to an aromatic ring is 1. The summed E-state index contributed by atoms with van der Waals surface area (Å²) in [7, 11) is 1.34. The topological polar surface area (TPSA) is 64.3 Å². The smallest absolute Gasteiger partial charge is 0.328 e. The summed E-state index contributed by atoms with van der Waals surface area (Å²) in [6, 6.07) is 2.65. The van der Waals surface area contributed by atoms with E-state index in [1.165, 1.54) is 7.11 Å². The first-order chi connectivity index (χ1) is 8.36. The average molecular weight is 291 g/mol. The molecule has 0 radical (unpaired) electrons. The molecule has 0 amide bonds. The predicted octanol–water partition coefficient (Wildman–Crippen LogP) is 3.19. The molecule has 0 bridgehead atoms. The number of methoxy groups -OCH3 is 1. The zero-order valence-electron chi connectivity index (χ0n) is 10.5. The lowest BCUT2D eigenvalue weighted by Crippen LogP contribution is -2.35. The van der Waals surface area contributed by atoms with Crippen molar-refractivity contribution in [3.05, 3.63) is 22.2 Å². The molecular weight excluding hydrogens is 275 g/mol. The number of halogens is 2. The van der Waals surface area contributed by atoms with Gasteiger partial charge < -0.3 is 15.8 Å². The molecule has 0 aliphatic carbocycles. The molecule has 0 heterocycles. The number of hydrogen-bond acceptors (Lipinski definition) is 4. The molecule has 0 saturated carbocycles. The molecule has 0 aliphatic rings. The number of rotatable bonds is 4. The molecule has 1 aromatic carbocycles. The van der Waals surface area contributed by atoms with E-state index in [1.54, 1.807) is 12.1 Å². The van der Waals surface area contributed by atoms with E-state index >= 15 is 0 Å². The van der Waals surface area contributed by atoms with E-state index in [4.69, 9.17) is 33.7 Å². The molecule has 0 spiro atoms. The molecule has 0 fully saturated rings. The maximum absolute atomic E-state index is 11.6. The van der Waals surface area contributed by atoms with Gasteiger partial charge in [0.15, 0.2) is 0 Å². The molecule has 1 unspecified atom stereocenters. The summed E-state index contributed by atoms with van der Waals surface area (Å²) in [5.41, 5.74) is 6.82. The fourth-order valence-electron chi connectivity index (χ4n) is 1.48. The Kier molecular flexibility index (Phi) is 5.11. The Hall–Kier alpha value is -1.13. The lowest BCUT2D eigenvalue weighted by atomic mass is 10.0. The number of carbonyl (C=O) groups excluding carboxylic acids is 1. The number of esters is 1. The number of hydrogen-bond donors (Lipinski definition) is 2. The van der Waals surface area contributed by atoms with Gasteiger partial charge in [0.25, 0.3) is 0 Å². The highest BCUT2D eigenvalue weighted by Crippen LogP contribution is 2.31. The fourth-order valence-corrected chi connectivity index (χ4v) is 1.82. The minimum atomic E-state index is -0.491. The lowest BCUT2D eigenvalue weighted by Gasteiger charge is -2.22.